The third-order valence-electron chi connectivity index (χ3n) is 4.98. The average Bonchev–Trinajstić information content (AvgIpc) is 3.20. The van der Waals surface area contributed by atoms with E-state index in [-0.39, 0.29) is 17.9 Å². The number of rotatable bonds is 4. The number of halogens is 2. The van der Waals surface area contributed by atoms with Crippen LogP contribution in [0, 0.1) is 11.7 Å². The van der Waals surface area contributed by atoms with Crippen molar-refractivity contribution in [2.75, 3.05) is 13.6 Å². The SMILES string of the molecule is CC(C)[C@@H](C(=O)N1CCC[C@H]1c1nc2cc(Br)cc(F)c2[nH]1)N(C)C(=O)O. The summed E-state index contributed by atoms with van der Waals surface area (Å²) in [6.45, 7) is 4.16. The molecule has 0 bridgehead atoms. The van der Waals surface area contributed by atoms with Gasteiger partial charge in [0, 0.05) is 18.1 Å². The van der Waals surface area contributed by atoms with Crippen LogP contribution in [0.5, 0.6) is 0 Å². The number of carboxylic acid groups (broad SMARTS) is 1. The van der Waals surface area contributed by atoms with Crippen LogP contribution in [0.15, 0.2) is 16.6 Å². The summed E-state index contributed by atoms with van der Waals surface area (Å²) in [5.41, 5.74) is 0.787. The van der Waals surface area contributed by atoms with Crippen molar-refractivity contribution in [3.63, 3.8) is 0 Å². The van der Waals surface area contributed by atoms with Crippen molar-refractivity contribution in [3.8, 4) is 0 Å². The molecule has 1 aromatic carbocycles. The number of likely N-dealkylation sites (tertiary alicyclic amines) is 1. The summed E-state index contributed by atoms with van der Waals surface area (Å²) in [5, 5.41) is 9.32. The first-order valence-corrected chi connectivity index (χ1v) is 9.61. The van der Waals surface area contributed by atoms with Crippen molar-refractivity contribution < 1.29 is 19.1 Å². The Morgan fingerprint density at radius 2 is 2.15 bits per heavy atom. The Labute approximate surface area is 164 Å². The number of carbonyl (C=O) groups is 2. The zero-order valence-corrected chi connectivity index (χ0v) is 17.0. The molecule has 1 aliphatic heterocycles. The highest BCUT2D eigenvalue weighted by molar-refractivity contribution is 9.10. The number of nitrogens with zero attached hydrogens (tertiary/aromatic N) is 3. The summed E-state index contributed by atoms with van der Waals surface area (Å²) in [4.78, 5) is 34.7. The van der Waals surface area contributed by atoms with E-state index in [4.69, 9.17) is 0 Å². The summed E-state index contributed by atoms with van der Waals surface area (Å²) in [7, 11) is 1.41. The lowest BCUT2D eigenvalue weighted by atomic mass is 10.0. The van der Waals surface area contributed by atoms with Crippen LogP contribution >= 0.6 is 15.9 Å². The van der Waals surface area contributed by atoms with Crippen LogP contribution in [0.2, 0.25) is 0 Å². The van der Waals surface area contributed by atoms with Gasteiger partial charge in [-0.2, -0.15) is 0 Å². The number of benzene rings is 1. The molecule has 0 radical (unpaired) electrons. The number of imidazole rings is 1. The van der Waals surface area contributed by atoms with E-state index in [0.717, 1.165) is 11.3 Å². The summed E-state index contributed by atoms with van der Waals surface area (Å²) in [6.07, 6.45) is 0.324. The van der Waals surface area contributed by atoms with E-state index in [2.05, 4.69) is 25.9 Å². The largest absolute Gasteiger partial charge is 0.465 e. The molecule has 146 valence electrons. The van der Waals surface area contributed by atoms with Gasteiger partial charge in [0.2, 0.25) is 5.91 Å². The second-order valence-electron chi connectivity index (χ2n) is 7.18. The average molecular weight is 441 g/mol. The Morgan fingerprint density at radius 3 is 2.78 bits per heavy atom. The number of nitrogens with one attached hydrogen (secondary N) is 1. The van der Waals surface area contributed by atoms with Gasteiger partial charge < -0.3 is 15.0 Å². The maximum Gasteiger partial charge on any atom is 0.407 e. The van der Waals surface area contributed by atoms with E-state index in [1.165, 1.54) is 13.1 Å². The van der Waals surface area contributed by atoms with Gasteiger partial charge in [0.05, 0.1) is 11.6 Å². The number of hydrogen-bond acceptors (Lipinski definition) is 3. The van der Waals surface area contributed by atoms with E-state index in [1.807, 2.05) is 13.8 Å². The fraction of sp³-hybridized carbons (Fsp3) is 0.500. The van der Waals surface area contributed by atoms with Gasteiger partial charge in [0.15, 0.2) is 0 Å². The van der Waals surface area contributed by atoms with Crippen LogP contribution in [-0.2, 0) is 4.79 Å². The zero-order chi connectivity index (χ0) is 19.9. The quantitative estimate of drug-likeness (QED) is 0.756. The highest BCUT2D eigenvalue weighted by atomic mass is 79.9. The van der Waals surface area contributed by atoms with E-state index in [0.29, 0.717) is 34.3 Å². The molecule has 2 N–H and O–H groups in total. The molecule has 2 aromatic rings. The van der Waals surface area contributed by atoms with Crippen LogP contribution in [0.25, 0.3) is 11.0 Å². The van der Waals surface area contributed by atoms with Crippen molar-refractivity contribution in [2.45, 2.75) is 38.8 Å². The lowest BCUT2D eigenvalue weighted by molar-refractivity contribution is -0.138. The Morgan fingerprint density at radius 1 is 1.44 bits per heavy atom. The number of H-pyrrole nitrogens is 1. The molecule has 0 spiro atoms. The van der Waals surface area contributed by atoms with Crippen LogP contribution in [-0.4, -0.2) is 56.5 Å². The van der Waals surface area contributed by atoms with Crippen molar-refractivity contribution >= 4 is 39.0 Å². The normalized spacial score (nSPS) is 18.3. The molecule has 0 saturated carbocycles. The van der Waals surface area contributed by atoms with E-state index >= 15 is 0 Å². The molecule has 0 unspecified atom stereocenters. The van der Waals surface area contributed by atoms with Crippen molar-refractivity contribution in [1.29, 1.82) is 0 Å². The molecule has 2 atom stereocenters. The van der Waals surface area contributed by atoms with Gasteiger partial charge in [-0.15, -0.1) is 0 Å². The van der Waals surface area contributed by atoms with Gasteiger partial charge in [0.1, 0.15) is 23.2 Å². The Balaban J connectivity index is 1.94. The van der Waals surface area contributed by atoms with E-state index < -0.39 is 18.0 Å². The fourth-order valence-corrected chi connectivity index (χ4v) is 4.14. The maximum atomic E-state index is 14.2. The first-order valence-electron chi connectivity index (χ1n) is 8.81. The lowest BCUT2D eigenvalue weighted by Crippen LogP contribution is -2.51. The number of likely N-dealkylation sites (N-methyl/N-ethyl adjacent to an activating group) is 1. The maximum absolute atomic E-state index is 14.2. The summed E-state index contributed by atoms with van der Waals surface area (Å²) >= 11 is 3.26. The first-order chi connectivity index (χ1) is 12.7. The monoisotopic (exact) mass is 440 g/mol. The van der Waals surface area contributed by atoms with Crippen LogP contribution in [0.3, 0.4) is 0 Å². The molecule has 27 heavy (non-hydrogen) atoms. The molecule has 7 nitrogen and oxygen atoms in total. The van der Waals surface area contributed by atoms with Gasteiger partial charge in [-0.3, -0.25) is 9.69 Å². The van der Waals surface area contributed by atoms with Gasteiger partial charge in [0.25, 0.3) is 0 Å². The minimum atomic E-state index is -1.14. The Bertz CT molecular complexity index is 885. The Hall–Kier alpha value is -2.16. The molecular formula is C18H22BrFN4O3. The molecule has 2 heterocycles. The van der Waals surface area contributed by atoms with Crippen LogP contribution in [0.1, 0.15) is 38.6 Å². The predicted octanol–water partition coefficient (Wildman–Crippen LogP) is 3.76. The topological polar surface area (TPSA) is 89.5 Å². The molecule has 2 amide bonds. The number of hydrogen-bond donors (Lipinski definition) is 2. The summed E-state index contributed by atoms with van der Waals surface area (Å²) < 4.78 is 14.8. The molecule has 0 aliphatic carbocycles. The Kier molecular flexibility index (Phi) is 5.41. The number of aromatic nitrogens is 2. The molecule has 1 fully saturated rings. The van der Waals surface area contributed by atoms with Gasteiger partial charge in [-0.1, -0.05) is 29.8 Å². The highest BCUT2D eigenvalue weighted by Crippen LogP contribution is 2.34. The molecular weight excluding hydrogens is 419 g/mol. The third-order valence-corrected chi connectivity index (χ3v) is 5.44. The van der Waals surface area contributed by atoms with E-state index in [9.17, 15) is 19.1 Å². The van der Waals surface area contributed by atoms with Gasteiger partial charge >= 0.3 is 6.09 Å². The lowest BCUT2D eigenvalue weighted by Gasteiger charge is -2.33. The molecule has 3 rings (SSSR count). The summed E-state index contributed by atoms with van der Waals surface area (Å²) in [5.74, 6) is -0.323. The minimum Gasteiger partial charge on any atom is -0.465 e. The number of fused-ring (bicyclic) bond motifs is 1. The second kappa shape index (κ2) is 7.46. The zero-order valence-electron chi connectivity index (χ0n) is 15.4. The first kappa shape index (κ1) is 19.6. The van der Waals surface area contributed by atoms with Crippen LogP contribution in [0.4, 0.5) is 9.18 Å². The molecule has 1 aliphatic rings. The fourth-order valence-electron chi connectivity index (χ4n) is 3.72. The minimum absolute atomic E-state index is 0.177. The van der Waals surface area contributed by atoms with Gasteiger partial charge in [-0.25, -0.2) is 14.2 Å². The van der Waals surface area contributed by atoms with Crippen molar-refractivity contribution in [2.24, 2.45) is 5.92 Å². The molecule has 1 aromatic heterocycles. The standard InChI is InChI=1S/C18H22BrFN4O3/c1-9(2)15(23(3)18(26)27)17(25)24-6-4-5-13(24)16-21-12-8-10(19)7-11(20)14(12)22-16/h7-9,13,15H,4-6H2,1-3H3,(H,21,22)(H,26,27)/t13-,15-/m0/s1. The number of carbonyl (C=O) groups excluding carboxylic acids is 1. The number of amides is 2. The summed E-state index contributed by atoms with van der Waals surface area (Å²) in [6, 6.07) is 1.97. The third kappa shape index (κ3) is 3.65. The van der Waals surface area contributed by atoms with Crippen LogP contribution < -0.4 is 0 Å². The molecule has 9 heteroatoms. The van der Waals surface area contributed by atoms with Crippen molar-refractivity contribution in [3.05, 3.63) is 28.2 Å². The smallest absolute Gasteiger partial charge is 0.407 e. The molecule has 1 saturated heterocycles. The predicted molar refractivity (Wildman–Crippen MR) is 102 cm³/mol. The van der Waals surface area contributed by atoms with Gasteiger partial charge in [-0.05, 0) is 30.9 Å². The number of aromatic amines is 1. The van der Waals surface area contributed by atoms with Crippen molar-refractivity contribution in [1.82, 2.24) is 19.8 Å². The highest BCUT2D eigenvalue weighted by Gasteiger charge is 2.39. The van der Waals surface area contributed by atoms with E-state index in [1.54, 1.807) is 11.0 Å². The second-order valence-corrected chi connectivity index (χ2v) is 8.09.